The molecule has 2 rings (SSSR count). The second-order valence-electron chi connectivity index (χ2n) is 4.66. The van der Waals surface area contributed by atoms with Crippen molar-refractivity contribution in [2.75, 3.05) is 25.6 Å². The predicted octanol–water partition coefficient (Wildman–Crippen LogP) is 2.72. The molecule has 2 N–H and O–H groups in total. The Labute approximate surface area is 141 Å². The van der Waals surface area contributed by atoms with E-state index in [1.807, 2.05) is 54.6 Å². The molecule has 2 aromatic rings. The zero-order chi connectivity index (χ0) is 16.5. The van der Waals surface area contributed by atoms with E-state index in [0.717, 1.165) is 17.0 Å². The molecule has 0 aliphatic heterocycles. The van der Waals surface area contributed by atoms with E-state index in [-0.39, 0.29) is 6.61 Å². The largest absolute Gasteiger partial charge is 0.497 e. The maximum atomic E-state index is 9.20. The number of benzene rings is 2. The number of aliphatic hydroxyl groups is 1. The molecule has 0 heterocycles. The zero-order valence-corrected chi connectivity index (χ0v) is 13.7. The van der Waals surface area contributed by atoms with Gasteiger partial charge in [0.2, 0.25) is 0 Å². The third-order valence-electron chi connectivity index (χ3n) is 3.03. The topological polar surface area (TPSA) is 57.1 Å². The van der Waals surface area contributed by atoms with Gasteiger partial charge in [0.1, 0.15) is 5.75 Å². The molecule has 0 amide bonds. The van der Waals surface area contributed by atoms with Gasteiger partial charge >= 0.3 is 0 Å². The molecule has 0 unspecified atom stereocenters. The minimum absolute atomic E-state index is 0.0451. The highest BCUT2D eigenvalue weighted by Gasteiger charge is 2.07. The Hall–Kier alpha value is -2.44. The van der Waals surface area contributed by atoms with Crippen LogP contribution >= 0.6 is 12.2 Å². The van der Waals surface area contributed by atoms with Crippen LogP contribution in [0, 0.1) is 0 Å². The number of hydrazone groups is 1. The number of hydrogen-bond acceptors (Lipinski definition) is 4. The van der Waals surface area contributed by atoms with Crippen LogP contribution in [0.1, 0.15) is 5.56 Å². The lowest BCUT2D eigenvalue weighted by molar-refractivity contribution is 0.255. The molecule has 23 heavy (non-hydrogen) atoms. The van der Waals surface area contributed by atoms with Gasteiger partial charge in [0.05, 0.1) is 26.5 Å². The number of nitrogens with one attached hydrogen (secondary N) is 1. The molecule has 2 aromatic carbocycles. The number of aliphatic hydroxyl groups excluding tert-OH is 1. The van der Waals surface area contributed by atoms with Gasteiger partial charge in [0.15, 0.2) is 5.11 Å². The van der Waals surface area contributed by atoms with Crippen molar-refractivity contribution in [1.82, 2.24) is 5.01 Å². The normalized spacial score (nSPS) is 10.5. The van der Waals surface area contributed by atoms with Crippen LogP contribution in [-0.2, 0) is 0 Å². The molecule has 0 saturated heterocycles. The number of nitrogens with zero attached hydrogens (tertiary/aromatic N) is 2. The van der Waals surface area contributed by atoms with Crippen LogP contribution in [0.25, 0.3) is 0 Å². The summed E-state index contributed by atoms with van der Waals surface area (Å²) in [6.07, 6.45) is 1.69. The molecule has 0 aromatic heterocycles. The summed E-state index contributed by atoms with van der Waals surface area (Å²) in [5.74, 6) is 0.788. The lowest BCUT2D eigenvalue weighted by Gasteiger charge is -2.19. The lowest BCUT2D eigenvalue weighted by Crippen LogP contribution is -2.32. The minimum atomic E-state index is -0.0451. The number of hydrogen-bond donors (Lipinski definition) is 2. The minimum Gasteiger partial charge on any atom is -0.497 e. The number of para-hydroxylation sites is 1. The molecule has 0 saturated carbocycles. The van der Waals surface area contributed by atoms with Crippen molar-refractivity contribution in [3.05, 3.63) is 60.2 Å². The first kappa shape index (κ1) is 16.9. The van der Waals surface area contributed by atoms with Crippen molar-refractivity contribution in [3.63, 3.8) is 0 Å². The standard InChI is InChI=1S/C17H19N3O2S/c1-22-16-9-7-14(8-10-16)13-18-20(11-12-21)17(23)19-15-5-3-2-4-6-15/h2-10,13,21H,11-12H2,1H3,(H,19,23). The first-order valence-corrected chi connectivity index (χ1v) is 7.56. The molecule has 120 valence electrons. The van der Waals surface area contributed by atoms with Gasteiger partial charge in [-0.3, -0.25) is 0 Å². The van der Waals surface area contributed by atoms with E-state index in [4.69, 9.17) is 17.0 Å². The number of anilines is 1. The summed E-state index contributed by atoms with van der Waals surface area (Å²) in [5.41, 5.74) is 1.79. The Balaban J connectivity index is 2.04. The third kappa shape index (κ3) is 5.36. The fourth-order valence-electron chi connectivity index (χ4n) is 1.84. The molecule has 0 aliphatic rings. The van der Waals surface area contributed by atoms with Gasteiger partial charge in [-0.2, -0.15) is 5.10 Å². The van der Waals surface area contributed by atoms with Crippen molar-refractivity contribution in [2.24, 2.45) is 5.10 Å². The van der Waals surface area contributed by atoms with Crippen molar-refractivity contribution < 1.29 is 9.84 Å². The quantitative estimate of drug-likeness (QED) is 0.485. The van der Waals surface area contributed by atoms with Crippen LogP contribution in [0.3, 0.4) is 0 Å². The lowest BCUT2D eigenvalue weighted by atomic mass is 10.2. The van der Waals surface area contributed by atoms with Crippen molar-refractivity contribution >= 4 is 29.2 Å². The maximum absolute atomic E-state index is 9.20. The Morgan fingerprint density at radius 2 is 1.91 bits per heavy atom. The Morgan fingerprint density at radius 1 is 1.22 bits per heavy atom. The van der Waals surface area contributed by atoms with E-state index in [1.54, 1.807) is 18.3 Å². The number of methoxy groups -OCH3 is 1. The molecular formula is C17H19N3O2S. The molecular weight excluding hydrogens is 310 g/mol. The van der Waals surface area contributed by atoms with E-state index in [1.165, 1.54) is 0 Å². The highest BCUT2D eigenvalue weighted by Crippen LogP contribution is 2.10. The summed E-state index contributed by atoms with van der Waals surface area (Å²) in [5, 5.41) is 18.6. The van der Waals surface area contributed by atoms with Crippen LogP contribution in [0.5, 0.6) is 5.75 Å². The Morgan fingerprint density at radius 3 is 2.52 bits per heavy atom. The van der Waals surface area contributed by atoms with E-state index in [9.17, 15) is 5.11 Å². The SMILES string of the molecule is COc1ccc(C=NN(CCO)C(=S)Nc2ccccc2)cc1. The van der Waals surface area contributed by atoms with Crippen molar-refractivity contribution in [3.8, 4) is 5.75 Å². The summed E-state index contributed by atoms with van der Waals surface area (Å²) >= 11 is 5.35. The number of ether oxygens (including phenoxy) is 1. The summed E-state index contributed by atoms with van der Waals surface area (Å²) in [4.78, 5) is 0. The van der Waals surface area contributed by atoms with E-state index < -0.39 is 0 Å². The van der Waals surface area contributed by atoms with Gasteiger partial charge in [-0.05, 0) is 54.2 Å². The first-order chi connectivity index (χ1) is 11.2. The van der Waals surface area contributed by atoms with Crippen LogP contribution in [-0.4, -0.2) is 41.7 Å². The van der Waals surface area contributed by atoms with Crippen LogP contribution in [0.4, 0.5) is 5.69 Å². The molecule has 0 radical (unpaired) electrons. The van der Waals surface area contributed by atoms with Gasteiger partial charge in [-0.25, -0.2) is 5.01 Å². The maximum Gasteiger partial charge on any atom is 0.194 e. The number of thiocarbonyl (C=S) groups is 1. The average molecular weight is 329 g/mol. The number of rotatable bonds is 6. The third-order valence-corrected chi connectivity index (χ3v) is 3.35. The average Bonchev–Trinajstić information content (AvgIpc) is 2.60. The fraction of sp³-hybridized carbons (Fsp3) is 0.176. The van der Waals surface area contributed by atoms with E-state index >= 15 is 0 Å². The highest BCUT2D eigenvalue weighted by atomic mass is 32.1. The summed E-state index contributed by atoms with van der Waals surface area (Å²) in [6.45, 7) is 0.266. The summed E-state index contributed by atoms with van der Waals surface area (Å²) in [6, 6.07) is 17.1. The second-order valence-corrected chi connectivity index (χ2v) is 5.05. The van der Waals surface area contributed by atoms with Gasteiger partial charge in [0, 0.05) is 5.69 Å². The Kier molecular flexibility index (Phi) is 6.53. The molecule has 0 aliphatic carbocycles. The fourth-order valence-corrected chi connectivity index (χ4v) is 2.10. The van der Waals surface area contributed by atoms with Crippen LogP contribution in [0.2, 0.25) is 0 Å². The van der Waals surface area contributed by atoms with Crippen molar-refractivity contribution in [1.29, 1.82) is 0 Å². The van der Waals surface area contributed by atoms with Crippen LogP contribution < -0.4 is 10.1 Å². The molecule has 0 fully saturated rings. The highest BCUT2D eigenvalue weighted by molar-refractivity contribution is 7.80. The van der Waals surface area contributed by atoms with E-state index in [0.29, 0.717) is 11.7 Å². The predicted molar refractivity (Wildman–Crippen MR) is 97.0 cm³/mol. The molecule has 6 heteroatoms. The molecule has 0 bridgehead atoms. The van der Waals surface area contributed by atoms with Crippen molar-refractivity contribution in [2.45, 2.75) is 0 Å². The monoisotopic (exact) mass is 329 g/mol. The zero-order valence-electron chi connectivity index (χ0n) is 12.8. The summed E-state index contributed by atoms with van der Waals surface area (Å²) < 4.78 is 5.12. The van der Waals surface area contributed by atoms with Gasteiger partial charge in [0.25, 0.3) is 0 Å². The smallest absolute Gasteiger partial charge is 0.194 e. The molecule has 0 atom stereocenters. The van der Waals surface area contributed by atoms with Gasteiger partial charge in [-0.15, -0.1) is 0 Å². The molecule has 5 nitrogen and oxygen atoms in total. The van der Waals surface area contributed by atoms with Gasteiger partial charge < -0.3 is 15.2 Å². The molecule has 0 spiro atoms. The van der Waals surface area contributed by atoms with Crippen LogP contribution in [0.15, 0.2) is 59.7 Å². The van der Waals surface area contributed by atoms with Gasteiger partial charge in [-0.1, -0.05) is 18.2 Å². The summed E-state index contributed by atoms with van der Waals surface area (Å²) in [7, 11) is 1.62. The first-order valence-electron chi connectivity index (χ1n) is 7.15. The second kappa shape index (κ2) is 8.87. The Bertz CT molecular complexity index is 645. The van der Waals surface area contributed by atoms with E-state index in [2.05, 4.69) is 10.4 Å².